The molecule has 1 aromatic rings. The average Bonchev–Trinajstić information content (AvgIpc) is 2.68. The number of carbonyl (C=O) groups is 1. The van der Waals surface area contributed by atoms with Crippen molar-refractivity contribution in [2.45, 2.75) is 45.9 Å². The van der Waals surface area contributed by atoms with Gasteiger partial charge < -0.3 is 19.9 Å². The highest BCUT2D eigenvalue weighted by molar-refractivity contribution is 5.68. The number of fused-ring (bicyclic) bond motifs is 1. The van der Waals surface area contributed by atoms with Crippen LogP contribution < -0.4 is 5.73 Å². The van der Waals surface area contributed by atoms with E-state index in [1.807, 2.05) is 20.8 Å². The topological polar surface area (TPSA) is 81.6 Å². The van der Waals surface area contributed by atoms with E-state index in [-0.39, 0.29) is 6.09 Å². The Kier molecular flexibility index (Phi) is 3.30. The average molecular weight is 253 g/mol. The molecule has 0 aromatic carbocycles. The Balaban J connectivity index is 2.06. The second-order valence-electron chi connectivity index (χ2n) is 5.39. The quantitative estimate of drug-likeness (QED) is 0.818. The molecule has 0 saturated carbocycles. The zero-order chi connectivity index (χ0) is 13.3. The van der Waals surface area contributed by atoms with Gasteiger partial charge in [0, 0.05) is 18.7 Å². The van der Waals surface area contributed by atoms with Crippen LogP contribution in [0.4, 0.5) is 4.79 Å². The maximum absolute atomic E-state index is 11.9. The molecule has 0 aliphatic carbocycles. The normalized spacial score (nSPS) is 15.4. The minimum Gasteiger partial charge on any atom is -0.444 e. The molecule has 2 heterocycles. The maximum Gasteiger partial charge on any atom is 0.410 e. The van der Waals surface area contributed by atoms with E-state index in [4.69, 9.17) is 15.0 Å². The fraction of sp³-hybridized carbons (Fsp3) is 0.667. The monoisotopic (exact) mass is 253 g/mol. The first kappa shape index (κ1) is 12.9. The number of rotatable bonds is 1. The van der Waals surface area contributed by atoms with Crippen molar-refractivity contribution >= 4 is 6.09 Å². The summed E-state index contributed by atoms with van der Waals surface area (Å²) < 4.78 is 10.5. The molecule has 6 nitrogen and oxygen atoms in total. The Morgan fingerprint density at radius 3 is 2.89 bits per heavy atom. The molecule has 1 aliphatic heterocycles. The van der Waals surface area contributed by atoms with Crippen molar-refractivity contribution in [1.82, 2.24) is 10.1 Å². The van der Waals surface area contributed by atoms with Crippen LogP contribution in [0.25, 0.3) is 0 Å². The predicted octanol–water partition coefficient (Wildman–Crippen LogP) is 1.43. The molecule has 0 saturated heterocycles. The second-order valence-corrected chi connectivity index (χ2v) is 5.39. The summed E-state index contributed by atoms with van der Waals surface area (Å²) in [7, 11) is 0. The molecule has 18 heavy (non-hydrogen) atoms. The molecule has 1 amide bonds. The molecule has 2 N–H and O–H groups in total. The van der Waals surface area contributed by atoms with Crippen molar-refractivity contribution in [3.8, 4) is 0 Å². The number of nitrogens with two attached hydrogens (primary N) is 1. The number of hydrogen-bond acceptors (Lipinski definition) is 5. The Hall–Kier alpha value is -1.56. The zero-order valence-electron chi connectivity index (χ0n) is 11.0. The Bertz CT molecular complexity index is 448. The van der Waals surface area contributed by atoms with Gasteiger partial charge in [0.2, 0.25) is 0 Å². The zero-order valence-corrected chi connectivity index (χ0v) is 11.0. The van der Waals surface area contributed by atoms with Crippen LogP contribution in [0.1, 0.15) is 37.8 Å². The van der Waals surface area contributed by atoms with Gasteiger partial charge in [-0.1, -0.05) is 5.16 Å². The first-order chi connectivity index (χ1) is 8.40. The second kappa shape index (κ2) is 4.61. The lowest BCUT2D eigenvalue weighted by molar-refractivity contribution is 0.0205. The van der Waals surface area contributed by atoms with Gasteiger partial charge in [0.15, 0.2) is 5.76 Å². The van der Waals surface area contributed by atoms with E-state index >= 15 is 0 Å². The molecule has 100 valence electrons. The van der Waals surface area contributed by atoms with Crippen molar-refractivity contribution < 1.29 is 14.1 Å². The van der Waals surface area contributed by atoms with Crippen LogP contribution in [-0.2, 0) is 24.2 Å². The van der Waals surface area contributed by atoms with E-state index in [0.29, 0.717) is 31.8 Å². The highest BCUT2D eigenvalue weighted by atomic mass is 16.6. The SMILES string of the molecule is CC(C)(C)OC(=O)N1CCc2c(CN)noc2C1. The summed E-state index contributed by atoms with van der Waals surface area (Å²) >= 11 is 0. The summed E-state index contributed by atoms with van der Waals surface area (Å²) in [5.41, 5.74) is 6.91. The van der Waals surface area contributed by atoms with Crippen LogP contribution in [0.15, 0.2) is 4.52 Å². The first-order valence-electron chi connectivity index (χ1n) is 6.05. The highest BCUT2D eigenvalue weighted by Crippen LogP contribution is 2.23. The first-order valence-corrected chi connectivity index (χ1v) is 6.05. The lowest BCUT2D eigenvalue weighted by Gasteiger charge is -2.29. The molecular formula is C12H19N3O3. The van der Waals surface area contributed by atoms with E-state index in [1.165, 1.54) is 0 Å². The number of carbonyl (C=O) groups excluding carboxylic acids is 1. The Labute approximate surface area is 106 Å². The van der Waals surface area contributed by atoms with Gasteiger partial charge in [0.25, 0.3) is 0 Å². The standard InChI is InChI=1S/C12H19N3O3/c1-12(2,3)17-11(16)15-5-4-8-9(6-13)14-18-10(8)7-15/h4-7,13H2,1-3H3. The molecule has 0 atom stereocenters. The minimum absolute atomic E-state index is 0.321. The van der Waals surface area contributed by atoms with Crippen molar-refractivity contribution in [2.24, 2.45) is 5.73 Å². The van der Waals surface area contributed by atoms with E-state index in [0.717, 1.165) is 11.3 Å². The van der Waals surface area contributed by atoms with Crippen molar-refractivity contribution in [3.05, 3.63) is 17.0 Å². The van der Waals surface area contributed by atoms with Crippen LogP contribution in [0.2, 0.25) is 0 Å². The summed E-state index contributed by atoms with van der Waals surface area (Å²) in [4.78, 5) is 13.5. The van der Waals surface area contributed by atoms with Crippen molar-refractivity contribution in [1.29, 1.82) is 0 Å². The smallest absolute Gasteiger partial charge is 0.410 e. The number of nitrogens with zero attached hydrogens (tertiary/aromatic N) is 2. The van der Waals surface area contributed by atoms with E-state index in [1.54, 1.807) is 4.90 Å². The molecule has 0 unspecified atom stereocenters. The van der Waals surface area contributed by atoms with Gasteiger partial charge in [-0.05, 0) is 27.2 Å². The third-order valence-electron chi connectivity index (χ3n) is 2.76. The maximum atomic E-state index is 11.9. The largest absolute Gasteiger partial charge is 0.444 e. The van der Waals surface area contributed by atoms with Crippen LogP contribution >= 0.6 is 0 Å². The van der Waals surface area contributed by atoms with Crippen molar-refractivity contribution in [2.75, 3.05) is 6.54 Å². The number of amides is 1. The Morgan fingerprint density at radius 2 is 2.28 bits per heavy atom. The third kappa shape index (κ3) is 2.64. The van der Waals surface area contributed by atoms with Gasteiger partial charge in [0.1, 0.15) is 11.3 Å². The number of hydrogen-bond donors (Lipinski definition) is 1. The van der Waals surface area contributed by atoms with Gasteiger partial charge >= 0.3 is 6.09 Å². The summed E-state index contributed by atoms with van der Waals surface area (Å²) in [5, 5.41) is 3.91. The summed E-state index contributed by atoms with van der Waals surface area (Å²) in [6, 6.07) is 0. The van der Waals surface area contributed by atoms with Gasteiger partial charge in [-0.15, -0.1) is 0 Å². The molecular weight excluding hydrogens is 234 g/mol. The fourth-order valence-electron chi connectivity index (χ4n) is 1.93. The van der Waals surface area contributed by atoms with Gasteiger partial charge in [-0.3, -0.25) is 0 Å². The number of ether oxygens (including phenoxy) is 1. The van der Waals surface area contributed by atoms with E-state index < -0.39 is 5.60 Å². The third-order valence-corrected chi connectivity index (χ3v) is 2.76. The van der Waals surface area contributed by atoms with Gasteiger partial charge in [0.05, 0.1) is 6.54 Å². The van der Waals surface area contributed by atoms with Crippen molar-refractivity contribution in [3.63, 3.8) is 0 Å². The molecule has 6 heteroatoms. The Morgan fingerprint density at radius 1 is 1.56 bits per heavy atom. The molecule has 0 radical (unpaired) electrons. The molecule has 0 bridgehead atoms. The highest BCUT2D eigenvalue weighted by Gasteiger charge is 2.29. The molecule has 1 aromatic heterocycles. The minimum atomic E-state index is -0.485. The van der Waals surface area contributed by atoms with E-state index in [9.17, 15) is 4.79 Å². The lowest BCUT2D eigenvalue weighted by Crippen LogP contribution is -2.39. The lowest BCUT2D eigenvalue weighted by atomic mass is 10.1. The van der Waals surface area contributed by atoms with Crippen LogP contribution in [-0.4, -0.2) is 28.3 Å². The van der Waals surface area contributed by atoms with Crippen LogP contribution in [0.3, 0.4) is 0 Å². The molecule has 1 aliphatic rings. The van der Waals surface area contributed by atoms with Gasteiger partial charge in [-0.25, -0.2) is 4.79 Å². The predicted molar refractivity (Wildman–Crippen MR) is 64.7 cm³/mol. The summed E-state index contributed by atoms with van der Waals surface area (Å²) in [6.07, 6.45) is 0.392. The summed E-state index contributed by atoms with van der Waals surface area (Å²) in [6.45, 7) is 6.92. The number of aromatic nitrogens is 1. The molecule has 0 fully saturated rings. The van der Waals surface area contributed by atoms with Crippen LogP contribution in [0.5, 0.6) is 0 Å². The fourth-order valence-corrected chi connectivity index (χ4v) is 1.93. The molecule has 2 rings (SSSR count). The summed E-state index contributed by atoms with van der Waals surface area (Å²) in [5.74, 6) is 0.715. The van der Waals surface area contributed by atoms with Gasteiger partial charge in [-0.2, -0.15) is 0 Å². The van der Waals surface area contributed by atoms with Crippen LogP contribution in [0, 0.1) is 0 Å². The molecule has 0 spiro atoms. The van der Waals surface area contributed by atoms with E-state index in [2.05, 4.69) is 5.16 Å².